The number of carboxylic acids is 1. The standard InChI is InChI=1S/C27H30N2O6/c1-27(2,26(32)33)17-29-25(31)24-23(30)14-21(15-28-24)20-6-4-5-19(13-20)16-35-22-9-7-18(8-10-22)11-12-34-3/h4-10,13-15,30H,11-12,16-17H2,1-3H3,(H,29,31)(H,32,33). The molecule has 0 fully saturated rings. The van der Waals surface area contributed by atoms with E-state index in [0.29, 0.717) is 18.8 Å². The lowest BCUT2D eigenvalue weighted by Gasteiger charge is -2.19. The SMILES string of the molecule is COCCc1ccc(OCc2cccc(-c3cnc(C(=O)NCC(C)(C)C(=O)O)c(O)c3)c2)cc1. The number of aliphatic carboxylic acids is 1. The summed E-state index contributed by atoms with van der Waals surface area (Å²) in [6.07, 6.45) is 2.34. The maximum atomic E-state index is 12.4. The smallest absolute Gasteiger partial charge is 0.310 e. The summed E-state index contributed by atoms with van der Waals surface area (Å²) in [5.74, 6) is -1.20. The third kappa shape index (κ3) is 7.04. The number of hydrogen-bond acceptors (Lipinski definition) is 6. The Morgan fingerprint density at radius 1 is 1.03 bits per heavy atom. The highest BCUT2D eigenvalue weighted by Gasteiger charge is 2.28. The molecule has 3 aromatic rings. The number of nitrogens with one attached hydrogen (secondary N) is 1. The minimum absolute atomic E-state index is 0.0953. The van der Waals surface area contributed by atoms with Crippen molar-refractivity contribution in [3.05, 3.63) is 77.6 Å². The molecule has 0 radical (unpaired) electrons. The van der Waals surface area contributed by atoms with E-state index >= 15 is 0 Å². The number of hydrogen-bond donors (Lipinski definition) is 3. The van der Waals surface area contributed by atoms with Gasteiger partial charge in [-0.3, -0.25) is 9.59 Å². The van der Waals surface area contributed by atoms with E-state index in [0.717, 1.165) is 23.3 Å². The van der Waals surface area contributed by atoms with E-state index in [1.165, 1.54) is 31.7 Å². The molecular weight excluding hydrogens is 448 g/mol. The van der Waals surface area contributed by atoms with E-state index in [9.17, 15) is 19.8 Å². The van der Waals surface area contributed by atoms with Crippen LogP contribution in [0.5, 0.6) is 11.5 Å². The Balaban J connectivity index is 1.65. The molecule has 0 saturated carbocycles. The molecule has 3 N–H and O–H groups in total. The van der Waals surface area contributed by atoms with E-state index in [1.807, 2.05) is 48.5 Å². The monoisotopic (exact) mass is 478 g/mol. The van der Waals surface area contributed by atoms with Crippen LogP contribution in [0.4, 0.5) is 0 Å². The maximum absolute atomic E-state index is 12.4. The predicted octanol–water partition coefficient (Wildman–Crippen LogP) is 4.06. The third-order valence-electron chi connectivity index (χ3n) is 5.54. The van der Waals surface area contributed by atoms with Crippen LogP contribution in [0.25, 0.3) is 11.1 Å². The molecule has 8 nitrogen and oxygen atoms in total. The van der Waals surface area contributed by atoms with Gasteiger partial charge < -0.3 is 25.0 Å². The fourth-order valence-corrected chi connectivity index (χ4v) is 3.23. The second-order valence-electron chi connectivity index (χ2n) is 8.84. The fraction of sp³-hybridized carbons (Fsp3) is 0.296. The van der Waals surface area contributed by atoms with Gasteiger partial charge in [0.05, 0.1) is 12.0 Å². The lowest BCUT2D eigenvalue weighted by atomic mass is 9.94. The molecule has 0 aliphatic heterocycles. The number of benzene rings is 2. The summed E-state index contributed by atoms with van der Waals surface area (Å²) in [7, 11) is 1.68. The van der Waals surface area contributed by atoms with E-state index in [1.54, 1.807) is 7.11 Å². The Kier molecular flexibility index (Phi) is 8.43. The number of aromatic hydroxyl groups is 1. The van der Waals surface area contributed by atoms with Crippen LogP contribution in [0.1, 0.15) is 35.5 Å². The molecule has 0 spiro atoms. The number of pyridine rings is 1. The molecule has 0 aliphatic carbocycles. The number of rotatable bonds is 11. The van der Waals surface area contributed by atoms with Crippen molar-refractivity contribution in [3.63, 3.8) is 0 Å². The minimum atomic E-state index is -1.14. The quantitative estimate of drug-likeness (QED) is 0.380. The van der Waals surface area contributed by atoms with Crippen LogP contribution in [-0.4, -0.2) is 47.3 Å². The highest BCUT2D eigenvalue weighted by molar-refractivity contribution is 5.95. The van der Waals surface area contributed by atoms with Crippen LogP contribution >= 0.6 is 0 Å². The molecule has 3 rings (SSSR count). The Bertz CT molecular complexity index is 1170. The van der Waals surface area contributed by atoms with Crippen LogP contribution in [0.15, 0.2) is 60.8 Å². The summed E-state index contributed by atoms with van der Waals surface area (Å²) in [5, 5.41) is 22.1. The van der Waals surface area contributed by atoms with Gasteiger partial charge in [0, 0.05) is 25.4 Å². The second kappa shape index (κ2) is 11.5. The minimum Gasteiger partial charge on any atom is -0.505 e. The highest BCUT2D eigenvalue weighted by atomic mass is 16.5. The molecule has 1 amide bonds. The Labute approximate surface area is 204 Å². The van der Waals surface area contributed by atoms with Crippen LogP contribution in [0.2, 0.25) is 0 Å². The Morgan fingerprint density at radius 2 is 1.77 bits per heavy atom. The van der Waals surface area contributed by atoms with Gasteiger partial charge in [-0.15, -0.1) is 0 Å². The van der Waals surface area contributed by atoms with Gasteiger partial charge in [-0.05, 0) is 61.2 Å². The van der Waals surface area contributed by atoms with E-state index in [4.69, 9.17) is 9.47 Å². The summed E-state index contributed by atoms with van der Waals surface area (Å²) in [6.45, 7) is 3.94. The van der Waals surface area contributed by atoms with Crippen molar-refractivity contribution in [2.45, 2.75) is 26.9 Å². The van der Waals surface area contributed by atoms with Gasteiger partial charge in [0.1, 0.15) is 18.1 Å². The molecule has 1 heterocycles. The topological polar surface area (TPSA) is 118 Å². The van der Waals surface area contributed by atoms with Gasteiger partial charge in [0.15, 0.2) is 5.69 Å². The average molecular weight is 479 g/mol. The average Bonchev–Trinajstić information content (AvgIpc) is 2.85. The molecule has 0 unspecified atom stereocenters. The van der Waals surface area contributed by atoms with Gasteiger partial charge in [-0.25, -0.2) is 4.98 Å². The lowest BCUT2D eigenvalue weighted by molar-refractivity contribution is -0.146. The zero-order valence-electron chi connectivity index (χ0n) is 20.1. The Hall–Kier alpha value is -3.91. The molecule has 0 aliphatic rings. The molecule has 0 saturated heterocycles. The summed E-state index contributed by atoms with van der Waals surface area (Å²) < 4.78 is 11.0. The molecule has 2 aromatic carbocycles. The van der Waals surface area contributed by atoms with Crippen molar-refractivity contribution in [2.75, 3.05) is 20.3 Å². The Morgan fingerprint density at radius 3 is 2.43 bits per heavy atom. The van der Waals surface area contributed by atoms with Crippen molar-refractivity contribution >= 4 is 11.9 Å². The van der Waals surface area contributed by atoms with Crippen molar-refractivity contribution < 1.29 is 29.3 Å². The first kappa shape index (κ1) is 25.7. The van der Waals surface area contributed by atoms with Crippen molar-refractivity contribution in [1.82, 2.24) is 10.3 Å². The zero-order valence-corrected chi connectivity index (χ0v) is 20.1. The van der Waals surface area contributed by atoms with Crippen LogP contribution < -0.4 is 10.1 Å². The lowest BCUT2D eigenvalue weighted by Crippen LogP contribution is -2.39. The number of ether oxygens (including phenoxy) is 2. The fourth-order valence-electron chi connectivity index (χ4n) is 3.23. The molecule has 0 atom stereocenters. The van der Waals surface area contributed by atoms with E-state index in [-0.39, 0.29) is 18.0 Å². The molecule has 1 aromatic heterocycles. The van der Waals surface area contributed by atoms with Crippen LogP contribution in [-0.2, 0) is 22.6 Å². The van der Waals surface area contributed by atoms with Gasteiger partial charge in [0.25, 0.3) is 5.91 Å². The van der Waals surface area contributed by atoms with Crippen LogP contribution in [0.3, 0.4) is 0 Å². The summed E-state index contributed by atoms with van der Waals surface area (Å²) in [4.78, 5) is 27.7. The van der Waals surface area contributed by atoms with Gasteiger partial charge in [-0.1, -0.05) is 30.3 Å². The molecule has 184 valence electrons. The maximum Gasteiger partial charge on any atom is 0.310 e. The van der Waals surface area contributed by atoms with Crippen molar-refractivity contribution in [2.24, 2.45) is 5.41 Å². The number of amides is 1. The molecule has 35 heavy (non-hydrogen) atoms. The van der Waals surface area contributed by atoms with E-state index < -0.39 is 17.3 Å². The predicted molar refractivity (Wildman–Crippen MR) is 131 cm³/mol. The molecule has 8 heteroatoms. The van der Waals surface area contributed by atoms with Gasteiger partial charge in [-0.2, -0.15) is 0 Å². The largest absolute Gasteiger partial charge is 0.505 e. The van der Waals surface area contributed by atoms with E-state index in [2.05, 4.69) is 10.3 Å². The number of carbonyl (C=O) groups is 2. The normalized spacial score (nSPS) is 11.2. The molecular formula is C27H30N2O6. The number of carboxylic acid groups (broad SMARTS) is 1. The summed E-state index contributed by atoms with van der Waals surface area (Å²) in [5.41, 5.74) is 2.25. The summed E-state index contributed by atoms with van der Waals surface area (Å²) in [6, 6.07) is 17.0. The summed E-state index contributed by atoms with van der Waals surface area (Å²) >= 11 is 0. The third-order valence-corrected chi connectivity index (χ3v) is 5.54. The number of carbonyl (C=O) groups excluding carboxylic acids is 1. The first-order valence-corrected chi connectivity index (χ1v) is 11.2. The number of methoxy groups -OCH3 is 1. The van der Waals surface area contributed by atoms with Crippen molar-refractivity contribution in [1.29, 1.82) is 0 Å². The molecule has 0 bridgehead atoms. The second-order valence-corrected chi connectivity index (χ2v) is 8.84. The van der Waals surface area contributed by atoms with Gasteiger partial charge in [0.2, 0.25) is 0 Å². The first-order valence-electron chi connectivity index (χ1n) is 11.2. The van der Waals surface area contributed by atoms with Crippen LogP contribution in [0, 0.1) is 5.41 Å². The van der Waals surface area contributed by atoms with Gasteiger partial charge >= 0.3 is 5.97 Å². The first-order chi connectivity index (χ1) is 16.7. The zero-order chi connectivity index (χ0) is 25.4. The number of aromatic nitrogens is 1. The highest BCUT2D eigenvalue weighted by Crippen LogP contribution is 2.26. The van der Waals surface area contributed by atoms with Crippen molar-refractivity contribution in [3.8, 4) is 22.6 Å². The number of nitrogens with zero attached hydrogens (tertiary/aromatic N) is 1.